The third-order valence-electron chi connectivity index (χ3n) is 1.63. The maximum Gasteiger partial charge on any atom is 0.410 e. The van der Waals surface area contributed by atoms with E-state index < -0.39 is 13.2 Å². The van der Waals surface area contributed by atoms with Gasteiger partial charge in [0.05, 0.1) is 6.20 Å². The van der Waals surface area contributed by atoms with Crippen LogP contribution in [0.4, 0.5) is 0 Å². The van der Waals surface area contributed by atoms with Gasteiger partial charge in [-0.2, -0.15) is 0 Å². The summed E-state index contributed by atoms with van der Waals surface area (Å²) in [6.45, 7) is 4.56. The Labute approximate surface area is 87.1 Å². The molecule has 0 amide bonds. The first kappa shape index (κ1) is 12.4. The second kappa shape index (κ2) is 5.99. The number of piperazine rings is 1. The van der Waals surface area contributed by atoms with Crippen LogP contribution in [0.2, 0.25) is 0 Å². The van der Waals surface area contributed by atoms with Crippen LogP contribution in [0.15, 0.2) is 16.9 Å². The van der Waals surface area contributed by atoms with Crippen LogP contribution >= 0.6 is 7.60 Å². The largest absolute Gasteiger partial charge is 0.439 e. The highest BCUT2D eigenvalue weighted by Gasteiger charge is 2.21. The Morgan fingerprint density at radius 1 is 1.27 bits per heavy atom. The molecule has 0 aliphatic carbocycles. The number of aromatic nitrogens is 1. The lowest BCUT2D eigenvalue weighted by Gasteiger charge is -2.11. The summed E-state index contributed by atoms with van der Waals surface area (Å²) in [6.07, 6.45) is 2.28. The zero-order valence-corrected chi connectivity index (χ0v) is 8.98. The first-order valence-corrected chi connectivity index (χ1v) is 6.09. The van der Waals surface area contributed by atoms with Crippen molar-refractivity contribution in [3.05, 3.63) is 12.5 Å². The predicted molar refractivity (Wildman–Crippen MR) is 53.9 cm³/mol. The molecule has 1 saturated heterocycles. The zero-order chi connectivity index (χ0) is 11.1. The number of hydrogen-bond acceptors (Lipinski definition) is 5. The normalized spacial score (nSPS) is 16.7. The maximum absolute atomic E-state index is 10.2. The fourth-order valence-corrected chi connectivity index (χ4v) is 1.38. The van der Waals surface area contributed by atoms with Gasteiger partial charge in [0.15, 0.2) is 0 Å². The number of rotatable bonds is 1. The van der Waals surface area contributed by atoms with Crippen molar-refractivity contribution >= 4 is 13.2 Å². The van der Waals surface area contributed by atoms with Crippen LogP contribution in [0.1, 0.15) is 0 Å². The highest BCUT2D eigenvalue weighted by Crippen LogP contribution is 2.31. The molecule has 0 radical (unpaired) electrons. The summed E-state index contributed by atoms with van der Waals surface area (Å²) in [6, 6.07) is 0. The fraction of sp³-hybridized carbons (Fsp3) is 0.571. The smallest absolute Gasteiger partial charge is 0.410 e. The van der Waals surface area contributed by atoms with Crippen LogP contribution in [0, 0.1) is 0 Å². The SMILES string of the molecule is C1CNCCN1.O=P(O)(O)c1ncco1. The van der Waals surface area contributed by atoms with Crippen LogP contribution in [0.3, 0.4) is 0 Å². The average molecular weight is 235 g/mol. The first-order chi connectivity index (χ1) is 7.11. The van der Waals surface area contributed by atoms with E-state index in [9.17, 15) is 4.57 Å². The molecule has 0 saturated carbocycles. The van der Waals surface area contributed by atoms with E-state index in [0.29, 0.717) is 0 Å². The molecule has 86 valence electrons. The van der Waals surface area contributed by atoms with E-state index in [0.717, 1.165) is 32.4 Å². The van der Waals surface area contributed by atoms with E-state index in [1.807, 2.05) is 0 Å². The summed E-state index contributed by atoms with van der Waals surface area (Å²) in [4.78, 5) is 19.9. The molecule has 0 bridgehead atoms. The Morgan fingerprint density at radius 2 is 1.80 bits per heavy atom. The van der Waals surface area contributed by atoms with Gasteiger partial charge >= 0.3 is 13.2 Å². The van der Waals surface area contributed by atoms with E-state index in [1.165, 1.54) is 6.20 Å². The third-order valence-corrected chi connectivity index (χ3v) is 2.34. The molecule has 2 heterocycles. The summed E-state index contributed by atoms with van der Waals surface area (Å²) >= 11 is 0. The molecule has 0 aromatic carbocycles. The minimum absolute atomic E-state index is 0.539. The van der Waals surface area contributed by atoms with E-state index in [4.69, 9.17) is 9.79 Å². The lowest BCUT2D eigenvalue weighted by molar-refractivity contribution is 0.374. The molecule has 1 aliphatic heterocycles. The van der Waals surface area contributed by atoms with Crippen LogP contribution in [-0.4, -0.2) is 40.9 Å². The van der Waals surface area contributed by atoms with Crippen LogP contribution < -0.4 is 16.3 Å². The molecule has 15 heavy (non-hydrogen) atoms. The van der Waals surface area contributed by atoms with Crippen LogP contribution in [0.5, 0.6) is 0 Å². The van der Waals surface area contributed by atoms with Gasteiger partial charge in [-0.15, -0.1) is 0 Å². The molecule has 1 fully saturated rings. The Kier molecular flexibility index (Phi) is 4.93. The molecular formula is C7H14N3O4P. The monoisotopic (exact) mass is 235 g/mol. The van der Waals surface area contributed by atoms with Crippen molar-refractivity contribution in [3.63, 3.8) is 0 Å². The molecule has 1 aromatic heterocycles. The fourth-order valence-electron chi connectivity index (χ4n) is 0.963. The van der Waals surface area contributed by atoms with Gasteiger partial charge in [0.1, 0.15) is 6.26 Å². The molecule has 2 rings (SSSR count). The number of nitrogens with zero attached hydrogens (tertiary/aromatic N) is 1. The minimum atomic E-state index is -4.25. The Bertz CT molecular complexity index is 295. The number of hydrogen-bond donors (Lipinski definition) is 4. The summed E-state index contributed by atoms with van der Waals surface area (Å²) < 4.78 is 14.6. The second-order valence-corrected chi connectivity index (χ2v) is 4.33. The molecule has 0 atom stereocenters. The highest BCUT2D eigenvalue weighted by atomic mass is 31.2. The predicted octanol–water partition coefficient (Wildman–Crippen LogP) is -1.34. The molecule has 1 aliphatic rings. The average Bonchev–Trinajstić information content (AvgIpc) is 2.73. The lowest BCUT2D eigenvalue weighted by atomic mass is 10.4. The standard InChI is InChI=1S/C4H10N2.C3H4NO4P/c1-2-6-4-3-5-1;5-9(6,7)3-4-1-2-8-3/h5-6H,1-4H2;1-2H,(H2,5,6,7). The highest BCUT2D eigenvalue weighted by molar-refractivity contribution is 7.59. The molecule has 0 spiro atoms. The molecule has 8 heteroatoms. The summed E-state index contributed by atoms with van der Waals surface area (Å²) in [5.41, 5.74) is -0.539. The number of nitrogens with one attached hydrogen (secondary N) is 2. The topological polar surface area (TPSA) is 108 Å². The lowest BCUT2D eigenvalue weighted by Crippen LogP contribution is -2.39. The molecule has 7 nitrogen and oxygen atoms in total. The van der Waals surface area contributed by atoms with Crippen molar-refractivity contribution in [2.24, 2.45) is 0 Å². The minimum Gasteiger partial charge on any atom is -0.439 e. The Morgan fingerprint density at radius 3 is 2.00 bits per heavy atom. The van der Waals surface area contributed by atoms with E-state index in [1.54, 1.807) is 0 Å². The maximum atomic E-state index is 10.2. The first-order valence-electron chi connectivity index (χ1n) is 4.48. The van der Waals surface area contributed by atoms with Crippen LogP contribution in [-0.2, 0) is 4.57 Å². The van der Waals surface area contributed by atoms with Crippen molar-refractivity contribution in [2.45, 2.75) is 0 Å². The third kappa shape index (κ3) is 5.06. The Balaban J connectivity index is 0.000000162. The van der Waals surface area contributed by atoms with E-state index in [-0.39, 0.29) is 0 Å². The molecular weight excluding hydrogens is 221 g/mol. The van der Waals surface area contributed by atoms with Crippen molar-refractivity contribution in [2.75, 3.05) is 26.2 Å². The second-order valence-electron chi connectivity index (χ2n) is 2.86. The number of oxazole rings is 1. The van der Waals surface area contributed by atoms with Gasteiger partial charge in [0, 0.05) is 26.2 Å². The van der Waals surface area contributed by atoms with Gasteiger partial charge in [-0.3, -0.25) is 0 Å². The summed E-state index contributed by atoms with van der Waals surface area (Å²) in [5.74, 6) is 0. The van der Waals surface area contributed by atoms with Gasteiger partial charge in [0.25, 0.3) is 0 Å². The van der Waals surface area contributed by atoms with Gasteiger partial charge in [-0.05, 0) is 0 Å². The van der Waals surface area contributed by atoms with E-state index in [2.05, 4.69) is 20.0 Å². The van der Waals surface area contributed by atoms with E-state index >= 15 is 0 Å². The molecule has 4 N–H and O–H groups in total. The van der Waals surface area contributed by atoms with Gasteiger partial charge < -0.3 is 24.8 Å². The van der Waals surface area contributed by atoms with Gasteiger partial charge in [0.2, 0.25) is 0 Å². The van der Waals surface area contributed by atoms with Crippen LogP contribution in [0.25, 0.3) is 0 Å². The van der Waals surface area contributed by atoms with Gasteiger partial charge in [-0.1, -0.05) is 0 Å². The molecule has 1 aromatic rings. The summed E-state index contributed by atoms with van der Waals surface area (Å²) in [7, 11) is -4.25. The van der Waals surface area contributed by atoms with Crippen molar-refractivity contribution in [3.8, 4) is 0 Å². The molecule has 0 unspecified atom stereocenters. The Hall–Kier alpha value is -0.720. The van der Waals surface area contributed by atoms with Crippen molar-refractivity contribution < 1.29 is 18.8 Å². The quantitative estimate of drug-likeness (QED) is 0.446. The van der Waals surface area contributed by atoms with Crippen molar-refractivity contribution in [1.29, 1.82) is 0 Å². The van der Waals surface area contributed by atoms with Crippen molar-refractivity contribution in [1.82, 2.24) is 15.6 Å². The summed E-state index contributed by atoms with van der Waals surface area (Å²) in [5, 5.41) is 6.44. The van der Waals surface area contributed by atoms with Gasteiger partial charge in [-0.25, -0.2) is 9.55 Å². The zero-order valence-electron chi connectivity index (χ0n) is 8.09.